The van der Waals surface area contributed by atoms with Gasteiger partial charge < -0.3 is 10.2 Å². The highest BCUT2D eigenvalue weighted by molar-refractivity contribution is 7.09. The van der Waals surface area contributed by atoms with Crippen molar-refractivity contribution in [3.05, 3.63) is 46.9 Å². The molecule has 24 heavy (non-hydrogen) atoms. The standard InChI is InChI=1S/C18H24N4OS/c1-15(18-19-8-14-24-18)20-17(23)7-9-21-10-12-22(13-11-21)16-5-3-2-4-6-16/h2-6,8,14-15H,7,9-13H2,1H3,(H,20,23)/t15-/m1/s1. The Hall–Kier alpha value is -1.92. The molecule has 0 bridgehead atoms. The molecule has 2 aromatic rings. The summed E-state index contributed by atoms with van der Waals surface area (Å²) in [5.74, 6) is 0.100. The van der Waals surface area contributed by atoms with Gasteiger partial charge in [0.25, 0.3) is 0 Å². The van der Waals surface area contributed by atoms with E-state index in [4.69, 9.17) is 0 Å². The maximum atomic E-state index is 12.1. The van der Waals surface area contributed by atoms with Crippen molar-refractivity contribution in [2.24, 2.45) is 0 Å². The first-order valence-corrected chi connectivity index (χ1v) is 9.31. The van der Waals surface area contributed by atoms with Gasteiger partial charge in [0.1, 0.15) is 5.01 Å². The smallest absolute Gasteiger partial charge is 0.221 e. The lowest BCUT2D eigenvalue weighted by Crippen LogP contribution is -2.47. The fourth-order valence-electron chi connectivity index (χ4n) is 2.95. The Labute approximate surface area is 147 Å². The number of piperazine rings is 1. The molecule has 6 heteroatoms. The lowest BCUT2D eigenvalue weighted by Gasteiger charge is -2.36. The van der Waals surface area contributed by atoms with Gasteiger partial charge >= 0.3 is 0 Å². The Morgan fingerprint density at radius 1 is 1.25 bits per heavy atom. The van der Waals surface area contributed by atoms with E-state index in [9.17, 15) is 4.79 Å². The number of hydrogen-bond donors (Lipinski definition) is 1. The zero-order chi connectivity index (χ0) is 16.8. The van der Waals surface area contributed by atoms with Crippen LogP contribution in [0.15, 0.2) is 41.9 Å². The summed E-state index contributed by atoms with van der Waals surface area (Å²) < 4.78 is 0. The van der Waals surface area contributed by atoms with Gasteiger partial charge in [-0.1, -0.05) is 18.2 Å². The van der Waals surface area contributed by atoms with E-state index in [2.05, 4.69) is 44.4 Å². The minimum Gasteiger partial charge on any atom is -0.369 e. The average molecular weight is 344 g/mol. The molecule has 5 nitrogen and oxygen atoms in total. The van der Waals surface area contributed by atoms with E-state index in [1.54, 1.807) is 17.5 Å². The summed E-state index contributed by atoms with van der Waals surface area (Å²) in [7, 11) is 0. The first-order valence-electron chi connectivity index (χ1n) is 8.43. The number of rotatable bonds is 6. The molecule has 128 valence electrons. The van der Waals surface area contributed by atoms with Gasteiger partial charge in [-0.05, 0) is 19.1 Å². The molecule has 1 aliphatic rings. The number of hydrogen-bond acceptors (Lipinski definition) is 5. The Morgan fingerprint density at radius 2 is 2.00 bits per heavy atom. The second-order valence-electron chi connectivity index (χ2n) is 6.07. The monoisotopic (exact) mass is 344 g/mol. The van der Waals surface area contributed by atoms with E-state index in [0.29, 0.717) is 6.42 Å². The normalized spacial score (nSPS) is 16.8. The van der Waals surface area contributed by atoms with Gasteiger partial charge in [0.15, 0.2) is 0 Å². The molecule has 1 aromatic carbocycles. The number of nitrogens with zero attached hydrogens (tertiary/aromatic N) is 3. The largest absolute Gasteiger partial charge is 0.369 e. The quantitative estimate of drug-likeness (QED) is 0.875. The molecule has 3 rings (SSSR count). The number of aromatic nitrogens is 1. The zero-order valence-electron chi connectivity index (χ0n) is 14.0. The summed E-state index contributed by atoms with van der Waals surface area (Å²) in [5.41, 5.74) is 1.28. The van der Waals surface area contributed by atoms with Crippen molar-refractivity contribution in [1.82, 2.24) is 15.2 Å². The third kappa shape index (κ3) is 4.55. The van der Waals surface area contributed by atoms with Gasteiger partial charge in [0, 0.05) is 56.4 Å². The predicted molar refractivity (Wildman–Crippen MR) is 98.4 cm³/mol. The molecule has 1 atom stereocenters. The van der Waals surface area contributed by atoms with Gasteiger partial charge in [-0.3, -0.25) is 9.69 Å². The van der Waals surface area contributed by atoms with E-state index in [1.165, 1.54) is 5.69 Å². The molecule has 0 unspecified atom stereocenters. The topological polar surface area (TPSA) is 48.5 Å². The minimum absolute atomic E-state index is 0.00701. The summed E-state index contributed by atoms with van der Waals surface area (Å²) in [5, 5.41) is 5.92. The van der Waals surface area contributed by atoms with Crippen LogP contribution in [0.2, 0.25) is 0 Å². The van der Waals surface area contributed by atoms with E-state index in [0.717, 1.165) is 37.7 Å². The second kappa shape index (κ2) is 8.26. The van der Waals surface area contributed by atoms with Crippen LogP contribution < -0.4 is 10.2 Å². The third-order valence-corrected chi connectivity index (χ3v) is 5.31. The van der Waals surface area contributed by atoms with Gasteiger partial charge in [0.05, 0.1) is 6.04 Å². The average Bonchev–Trinajstić information content (AvgIpc) is 3.16. The first kappa shape index (κ1) is 16.9. The number of amides is 1. The molecule has 1 saturated heterocycles. The molecule has 1 N–H and O–H groups in total. The number of para-hydroxylation sites is 1. The number of carbonyl (C=O) groups excluding carboxylic acids is 1. The number of nitrogens with one attached hydrogen (secondary N) is 1. The summed E-state index contributed by atoms with van der Waals surface area (Å²) >= 11 is 1.58. The maximum absolute atomic E-state index is 12.1. The van der Waals surface area contributed by atoms with Gasteiger partial charge in [-0.15, -0.1) is 11.3 Å². The van der Waals surface area contributed by atoms with E-state index < -0.39 is 0 Å². The molecule has 0 radical (unpaired) electrons. The Kier molecular flexibility index (Phi) is 5.82. The fourth-order valence-corrected chi connectivity index (χ4v) is 3.60. The van der Waals surface area contributed by atoms with Crippen LogP contribution in [0, 0.1) is 0 Å². The lowest BCUT2D eigenvalue weighted by molar-refractivity contribution is -0.122. The van der Waals surface area contributed by atoms with Crippen LogP contribution in [0.1, 0.15) is 24.4 Å². The molecule has 0 saturated carbocycles. The fraction of sp³-hybridized carbons (Fsp3) is 0.444. The Morgan fingerprint density at radius 3 is 2.67 bits per heavy atom. The van der Waals surface area contributed by atoms with Gasteiger partial charge in [-0.2, -0.15) is 0 Å². The van der Waals surface area contributed by atoms with Crippen LogP contribution in [0.25, 0.3) is 0 Å². The molecule has 0 spiro atoms. The molecular weight excluding hydrogens is 320 g/mol. The number of anilines is 1. The highest BCUT2D eigenvalue weighted by Gasteiger charge is 2.18. The molecule has 1 amide bonds. The molecule has 1 aliphatic heterocycles. The van der Waals surface area contributed by atoms with Crippen LogP contribution >= 0.6 is 11.3 Å². The van der Waals surface area contributed by atoms with Crippen molar-refractivity contribution in [3.8, 4) is 0 Å². The SMILES string of the molecule is C[C@@H](NC(=O)CCN1CCN(c2ccccc2)CC1)c1nccs1. The molecule has 1 fully saturated rings. The van der Waals surface area contributed by atoms with Crippen LogP contribution in [-0.2, 0) is 4.79 Å². The van der Waals surface area contributed by atoms with Crippen LogP contribution in [0.5, 0.6) is 0 Å². The number of benzene rings is 1. The van der Waals surface area contributed by atoms with Crippen molar-refractivity contribution in [2.45, 2.75) is 19.4 Å². The zero-order valence-corrected chi connectivity index (χ0v) is 14.8. The van der Waals surface area contributed by atoms with Crippen molar-refractivity contribution < 1.29 is 4.79 Å². The molecule has 2 heterocycles. The van der Waals surface area contributed by atoms with Crippen LogP contribution in [0.3, 0.4) is 0 Å². The summed E-state index contributed by atoms with van der Waals surface area (Å²) in [6.07, 6.45) is 2.32. The lowest BCUT2D eigenvalue weighted by atomic mass is 10.2. The highest BCUT2D eigenvalue weighted by atomic mass is 32.1. The first-order chi connectivity index (χ1) is 11.7. The summed E-state index contributed by atoms with van der Waals surface area (Å²) in [4.78, 5) is 21.1. The van der Waals surface area contributed by atoms with E-state index in [1.807, 2.05) is 18.4 Å². The molecule has 0 aliphatic carbocycles. The summed E-state index contributed by atoms with van der Waals surface area (Å²) in [6.45, 7) is 6.84. The van der Waals surface area contributed by atoms with Crippen molar-refractivity contribution in [2.75, 3.05) is 37.6 Å². The van der Waals surface area contributed by atoms with Crippen molar-refractivity contribution in [3.63, 3.8) is 0 Å². The third-order valence-electron chi connectivity index (χ3n) is 4.35. The predicted octanol–water partition coefficient (Wildman–Crippen LogP) is 2.53. The molecular formula is C18H24N4OS. The van der Waals surface area contributed by atoms with Crippen LogP contribution in [-0.4, -0.2) is 48.5 Å². The van der Waals surface area contributed by atoms with E-state index in [-0.39, 0.29) is 11.9 Å². The Balaban J connectivity index is 1.38. The Bertz CT molecular complexity index is 624. The summed E-state index contributed by atoms with van der Waals surface area (Å²) in [6, 6.07) is 10.5. The van der Waals surface area contributed by atoms with Gasteiger partial charge in [-0.25, -0.2) is 4.98 Å². The minimum atomic E-state index is -0.00701. The van der Waals surface area contributed by atoms with E-state index >= 15 is 0 Å². The van der Waals surface area contributed by atoms with Gasteiger partial charge in [0.2, 0.25) is 5.91 Å². The second-order valence-corrected chi connectivity index (χ2v) is 7.00. The molecule has 1 aromatic heterocycles. The highest BCUT2D eigenvalue weighted by Crippen LogP contribution is 2.16. The number of carbonyl (C=O) groups is 1. The maximum Gasteiger partial charge on any atom is 0.221 e. The van der Waals surface area contributed by atoms with Crippen molar-refractivity contribution in [1.29, 1.82) is 0 Å². The number of thiazole rings is 1. The van der Waals surface area contributed by atoms with Crippen molar-refractivity contribution >= 4 is 22.9 Å². The van der Waals surface area contributed by atoms with Crippen LogP contribution in [0.4, 0.5) is 5.69 Å².